The van der Waals surface area contributed by atoms with Crippen LogP contribution in [-0.4, -0.2) is 53.8 Å². The lowest BCUT2D eigenvalue weighted by atomic mass is 9.93. The van der Waals surface area contributed by atoms with Gasteiger partial charge in [0.05, 0.1) is 28.8 Å². The van der Waals surface area contributed by atoms with Gasteiger partial charge in [0.2, 0.25) is 5.91 Å². The highest BCUT2D eigenvalue weighted by molar-refractivity contribution is 7.70. The second-order valence-electron chi connectivity index (χ2n) is 10.5. The van der Waals surface area contributed by atoms with E-state index >= 15 is 4.39 Å². The number of nitrogens with zero attached hydrogens (tertiary/aromatic N) is 3. The second kappa shape index (κ2) is 9.47. The minimum absolute atomic E-state index is 0.0688. The van der Waals surface area contributed by atoms with Gasteiger partial charge in [-0.2, -0.15) is 8.78 Å². The van der Waals surface area contributed by atoms with Gasteiger partial charge >= 0.3 is 6.61 Å². The molecular weight excluding hydrogens is 545 g/mol. The van der Waals surface area contributed by atoms with E-state index in [1.54, 1.807) is 28.8 Å². The molecule has 0 N–H and O–H groups in total. The number of hydrogen-bond donors (Lipinski definition) is 0. The Morgan fingerprint density at radius 1 is 1.12 bits per heavy atom. The Kier molecular flexibility index (Phi) is 5.47. The van der Waals surface area contributed by atoms with Crippen LogP contribution in [0.25, 0.3) is 22.2 Å². The van der Waals surface area contributed by atoms with Gasteiger partial charge in [-0.25, -0.2) is 13.8 Å². The lowest BCUT2D eigenvalue weighted by Crippen LogP contribution is -2.32. The smallest absolute Gasteiger partial charge is 0.387 e. The zero-order chi connectivity index (χ0) is 31.0. The van der Waals surface area contributed by atoms with Gasteiger partial charge in [0.15, 0.2) is 11.6 Å². The molecule has 2 bridgehead atoms. The van der Waals surface area contributed by atoms with Crippen molar-refractivity contribution >= 4 is 29.4 Å². The van der Waals surface area contributed by atoms with E-state index in [-0.39, 0.29) is 36.0 Å². The van der Waals surface area contributed by atoms with Crippen molar-refractivity contribution in [2.75, 3.05) is 26.9 Å². The molecule has 6 nitrogen and oxygen atoms in total. The topological polar surface area (TPSA) is 64.4 Å². The Bertz CT molecular complexity index is 1840. The van der Waals surface area contributed by atoms with E-state index in [9.17, 15) is 22.5 Å². The first-order valence-corrected chi connectivity index (χ1v) is 15.2. The molecule has 208 valence electrons. The fourth-order valence-corrected chi connectivity index (χ4v) is 6.86. The maximum atomic E-state index is 15.3. The quantitative estimate of drug-likeness (QED) is 0.224. The minimum Gasteiger partial charge on any atom is -0.434 e. The van der Waals surface area contributed by atoms with Gasteiger partial charge < -0.3 is 18.8 Å². The van der Waals surface area contributed by atoms with Crippen molar-refractivity contribution in [2.45, 2.75) is 31.4 Å². The predicted molar refractivity (Wildman–Crippen MR) is 144 cm³/mol. The van der Waals surface area contributed by atoms with E-state index in [1.807, 2.05) is 0 Å². The summed E-state index contributed by atoms with van der Waals surface area (Å²) in [7, 11) is -3.09. The van der Waals surface area contributed by atoms with Crippen molar-refractivity contribution in [3.63, 3.8) is 0 Å². The van der Waals surface area contributed by atoms with Crippen LogP contribution in [0.4, 0.5) is 17.6 Å². The molecule has 0 radical (unpaired) electrons. The summed E-state index contributed by atoms with van der Waals surface area (Å²) in [5, 5.41) is -0.200. The van der Waals surface area contributed by atoms with E-state index in [1.165, 1.54) is 37.6 Å². The molecule has 0 spiro atoms. The maximum absolute atomic E-state index is 15.3. The largest absolute Gasteiger partial charge is 0.434 e. The number of fused-ring (bicyclic) bond motifs is 9. The number of alkyl halides is 2. The molecule has 4 aromatic rings. The van der Waals surface area contributed by atoms with Crippen LogP contribution in [-0.2, 0) is 15.8 Å². The first-order chi connectivity index (χ1) is 20.1. The maximum Gasteiger partial charge on any atom is 0.387 e. The molecule has 6 rings (SSSR count). The monoisotopic (exact) mass is 574 g/mol. The summed E-state index contributed by atoms with van der Waals surface area (Å²) in [6.45, 7) is -3.39. The van der Waals surface area contributed by atoms with Crippen molar-refractivity contribution in [3.8, 4) is 16.9 Å². The van der Waals surface area contributed by atoms with Gasteiger partial charge in [0.1, 0.15) is 18.7 Å². The van der Waals surface area contributed by atoms with E-state index in [4.69, 9.17) is 13.8 Å². The molecule has 0 unspecified atom stereocenters. The van der Waals surface area contributed by atoms with E-state index in [0.717, 1.165) is 4.90 Å². The van der Waals surface area contributed by atoms with Crippen LogP contribution in [0.1, 0.15) is 39.4 Å². The van der Waals surface area contributed by atoms with Crippen LogP contribution in [0.5, 0.6) is 5.75 Å². The Labute approximate surface area is 232 Å². The average molecular weight is 575 g/mol. The second-order valence-corrected chi connectivity index (χ2v) is 13.7. The molecule has 0 saturated carbocycles. The first-order valence-electron chi connectivity index (χ1n) is 14.1. The van der Waals surface area contributed by atoms with E-state index in [0.29, 0.717) is 33.5 Å². The Morgan fingerprint density at radius 2 is 1.93 bits per heavy atom. The predicted octanol–water partition coefficient (Wildman–Crippen LogP) is 5.92. The third kappa shape index (κ3) is 4.29. The van der Waals surface area contributed by atoms with E-state index in [2.05, 4.69) is 0 Å². The summed E-state index contributed by atoms with van der Waals surface area (Å²) in [4.78, 5) is 18.8. The Hall–Kier alpha value is -3.65. The summed E-state index contributed by atoms with van der Waals surface area (Å²) in [6, 6.07) is 11.2. The zero-order valence-electron chi connectivity index (χ0n) is 24.5. The highest BCUT2D eigenvalue weighted by Gasteiger charge is 2.40. The summed E-state index contributed by atoms with van der Waals surface area (Å²) in [5.41, 5.74) is 1.80. The molecule has 0 fully saturated rings. The summed E-state index contributed by atoms with van der Waals surface area (Å²) < 4.78 is 100. The van der Waals surface area contributed by atoms with Crippen LogP contribution in [0, 0.1) is 11.6 Å². The number of halogens is 4. The average Bonchev–Trinajstić information content (AvgIpc) is 3.45. The molecule has 2 aliphatic heterocycles. The van der Waals surface area contributed by atoms with Gasteiger partial charge in [-0.05, 0) is 55.1 Å². The number of carbonyl (C=O) groups excluding carboxylic acids is 1. The number of ether oxygens (including phenoxy) is 1. The van der Waals surface area contributed by atoms with Crippen LogP contribution in [0.2, 0.25) is 0 Å². The molecule has 1 aromatic heterocycles. The van der Waals surface area contributed by atoms with Crippen LogP contribution < -0.4 is 10.0 Å². The van der Waals surface area contributed by atoms with Crippen LogP contribution >= 0.6 is 7.14 Å². The third-order valence-electron chi connectivity index (χ3n) is 7.61. The number of hydrogen-bond acceptors (Lipinski definition) is 4. The van der Waals surface area contributed by atoms with Gasteiger partial charge in [-0.15, -0.1) is 0 Å². The molecule has 2 aliphatic rings. The molecule has 2 atom stereocenters. The molecule has 11 heteroatoms. The number of rotatable bonds is 4. The standard InChI is InChI=1S/C29H26F4N3O3P/c1-35-14-17-12-21(25-16(13-24(35)37)5-4-6-22(25)39-29(32)33)36-20-11-15(7-9-19(20)34-28(17)36)18-8-10-23(40(2,3)38)27(31)26(18)30/h4-11,17,21,29H,12-14H2,1-3H3/t17-,21+/m0/s1/i1D3. The van der Waals surface area contributed by atoms with Gasteiger partial charge in [0.25, 0.3) is 0 Å². The number of amides is 1. The van der Waals surface area contributed by atoms with Gasteiger partial charge in [-0.1, -0.05) is 24.3 Å². The third-order valence-corrected chi connectivity index (χ3v) is 9.11. The fraction of sp³-hybridized carbons (Fsp3) is 0.310. The number of carbonyl (C=O) groups is 1. The van der Waals surface area contributed by atoms with Crippen molar-refractivity contribution in [2.24, 2.45) is 0 Å². The molecule has 0 aliphatic carbocycles. The van der Waals surface area contributed by atoms with Crippen LogP contribution in [0.3, 0.4) is 0 Å². The SMILES string of the molecule is [2H]C([2H])([2H])N1C[C@@H]2C[C@H](c3c(cccc3OC(F)F)CC1=O)n1c2nc2ccc(-c3ccc(P(C)(C)=O)c(F)c3F)cc21. The number of imidazole rings is 1. The van der Waals surface area contributed by atoms with E-state index < -0.39 is 50.2 Å². The Morgan fingerprint density at radius 3 is 2.65 bits per heavy atom. The van der Waals surface area contributed by atoms with Gasteiger partial charge in [-0.3, -0.25) is 4.79 Å². The number of benzene rings is 3. The zero-order valence-corrected chi connectivity index (χ0v) is 22.4. The molecule has 3 heterocycles. The first kappa shape index (κ1) is 23.1. The minimum atomic E-state index is -3.15. The summed E-state index contributed by atoms with van der Waals surface area (Å²) in [6.07, 6.45) is -0.112. The fourth-order valence-electron chi connectivity index (χ4n) is 5.86. The summed E-state index contributed by atoms with van der Waals surface area (Å²) in [5.74, 6) is -3.33. The molecule has 3 aromatic carbocycles. The van der Waals surface area contributed by atoms with Crippen molar-refractivity contribution in [1.82, 2.24) is 14.5 Å². The number of aromatic nitrogens is 2. The highest BCUT2D eigenvalue weighted by Crippen LogP contribution is 2.48. The molecule has 0 saturated heterocycles. The van der Waals surface area contributed by atoms with Crippen LogP contribution in [0.15, 0.2) is 48.5 Å². The lowest BCUT2D eigenvalue weighted by molar-refractivity contribution is -0.129. The normalized spacial score (nSPS) is 20.3. The lowest BCUT2D eigenvalue weighted by Gasteiger charge is -2.23. The van der Waals surface area contributed by atoms with Gasteiger partial charge in [0, 0.05) is 34.7 Å². The Balaban J connectivity index is 1.58. The van der Waals surface area contributed by atoms with Crippen molar-refractivity contribution < 1.29 is 35.8 Å². The number of likely N-dealkylation sites (N-methyl/N-ethyl adjacent to an activating group) is 1. The summed E-state index contributed by atoms with van der Waals surface area (Å²) >= 11 is 0. The molecule has 1 amide bonds. The highest BCUT2D eigenvalue weighted by atomic mass is 31.2. The van der Waals surface area contributed by atoms with Crippen molar-refractivity contribution in [3.05, 3.63) is 77.1 Å². The molecular formula is C29H26F4N3O3P. The molecule has 40 heavy (non-hydrogen) atoms. The van der Waals surface area contributed by atoms with Crippen molar-refractivity contribution in [1.29, 1.82) is 0 Å².